The van der Waals surface area contributed by atoms with Gasteiger partial charge >= 0.3 is 12.1 Å². The standard InChI is InChI=1S/C14H17BrFN3O3/c1-2-22-14(21)19-7-5-18(6-8-19)13(20)17-12-4-3-10(15)9-11(12)16/h3-4,9H,2,5-8H2,1H3,(H,17,20). The summed E-state index contributed by atoms with van der Waals surface area (Å²) in [5.41, 5.74) is 0.126. The zero-order valence-corrected chi connectivity index (χ0v) is 13.7. The van der Waals surface area contributed by atoms with Gasteiger partial charge in [-0.25, -0.2) is 14.0 Å². The van der Waals surface area contributed by atoms with Crippen LogP contribution in [-0.2, 0) is 4.74 Å². The van der Waals surface area contributed by atoms with Gasteiger partial charge in [-0.2, -0.15) is 0 Å². The van der Waals surface area contributed by atoms with Crippen LogP contribution in [0.3, 0.4) is 0 Å². The number of nitrogens with zero attached hydrogens (tertiary/aromatic N) is 2. The number of piperazine rings is 1. The van der Waals surface area contributed by atoms with E-state index in [1.54, 1.807) is 17.9 Å². The summed E-state index contributed by atoms with van der Waals surface area (Å²) in [6, 6.07) is 4.04. The fraction of sp³-hybridized carbons (Fsp3) is 0.429. The van der Waals surface area contributed by atoms with Crippen LogP contribution in [0, 0.1) is 5.82 Å². The van der Waals surface area contributed by atoms with Crippen molar-refractivity contribution < 1.29 is 18.7 Å². The topological polar surface area (TPSA) is 61.9 Å². The number of hydrogen-bond donors (Lipinski definition) is 1. The Morgan fingerprint density at radius 1 is 1.27 bits per heavy atom. The highest BCUT2D eigenvalue weighted by molar-refractivity contribution is 9.10. The van der Waals surface area contributed by atoms with Crippen molar-refractivity contribution in [3.8, 4) is 0 Å². The number of rotatable bonds is 2. The molecule has 22 heavy (non-hydrogen) atoms. The smallest absolute Gasteiger partial charge is 0.409 e. The lowest BCUT2D eigenvalue weighted by atomic mass is 10.3. The van der Waals surface area contributed by atoms with Gasteiger partial charge in [-0.1, -0.05) is 15.9 Å². The Morgan fingerprint density at radius 2 is 1.91 bits per heavy atom. The van der Waals surface area contributed by atoms with Gasteiger partial charge in [0.05, 0.1) is 12.3 Å². The fourth-order valence-electron chi connectivity index (χ4n) is 2.09. The first kappa shape index (κ1) is 16.5. The quantitative estimate of drug-likeness (QED) is 0.866. The second-order valence-corrected chi connectivity index (χ2v) is 5.64. The second kappa shape index (κ2) is 7.44. The number of benzene rings is 1. The van der Waals surface area contributed by atoms with Crippen molar-refractivity contribution in [1.82, 2.24) is 9.80 Å². The highest BCUT2D eigenvalue weighted by Gasteiger charge is 2.25. The van der Waals surface area contributed by atoms with Crippen LogP contribution in [0.15, 0.2) is 22.7 Å². The largest absolute Gasteiger partial charge is 0.450 e. The van der Waals surface area contributed by atoms with E-state index < -0.39 is 5.82 Å². The molecule has 0 aromatic heterocycles. The van der Waals surface area contributed by atoms with E-state index in [0.29, 0.717) is 37.3 Å². The summed E-state index contributed by atoms with van der Waals surface area (Å²) in [5, 5.41) is 2.53. The molecular formula is C14H17BrFN3O3. The molecule has 1 saturated heterocycles. The predicted molar refractivity (Wildman–Crippen MR) is 83.3 cm³/mol. The van der Waals surface area contributed by atoms with Gasteiger partial charge in [-0.05, 0) is 25.1 Å². The van der Waals surface area contributed by atoms with Gasteiger partial charge in [-0.15, -0.1) is 0 Å². The Labute approximate surface area is 136 Å². The van der Waals surface area contributed by atoms with Crippen molar-refractivity contribution in [2.75, 3.05) is 38.1 Å². The van der Waals surface area contributed by atoms with Crippen LogP contribution in [0.5, 0.6) is 0 Å². The number of amides is 3. The minimum atomic E-state index is -0.507. The average Bonchev–Trinajstić information content (AvgIpc) is 2.50. The Bertz CT molecular complexity index is 562. The molecule has 1 heterocycles. The normalized spacial score (nSPS) is 14.7. The van der Waals surface area contributed by atoms with Crippen molar-refractivity contribution in [3.63, 3.8) is 0 Å². The Balaban J connectivity index is 1.88. The van der Waals surface area contributed by atoms with Gasteiger partial charge in [0.1, 0.15) is 5.82 Å². The summed E-state index contributed by atoms with van der Waals surface area (Å²) in [6.45, 7) is 3.62. The van der Waals surface area contributed by atoms with Crippen LogP contribution in [-0.4, -0.2) is 54.7 Å². The fourth-order valence-corrected chi connectivity index (χ4v) is 2.43. The minimum absolute atomic E-state index is 0.126. The molecule has 1 fully saturated rings. The lowest BCUT2D eigenvalue weighted by Crippen LogP contribution is -2.51. The van der Waals surface area contributed by atoms with Gasteiger partial charge in [0.15, 0.2) is 0 Å². The van der Waals surface area contributed by atoms with E-state index in [1.165, 1.54) is 17.0 Å². The number of hydrogen-bond acceptors (Lipinski definition) is 3. The van der Waals surface area contributed by atoms with E-state index in [4.69, 9.17) is 4.74 Å². The molecule has 8 heteroatoms. The van der Waals surface area contributed by atoms with Gasteiger partial charge < -0.3 is 19.9 Å². The number of carbonyl (C=O) groups is 2. The van der Waals surface area contributed by atoms with Crippen LogP contribution in [0.4, 0.5) is 19.7 Å². The third-order valence-electron chi connectivity index (χ3n) is 3.27. The van der Waals surface area contributed by atoms with Crippen molar-refractivity contribution in [1.29, 1.82) is 0 Å². The van der Waals surface area contributed by atoms with Gasteiger partial charge in [-0.3, -0.25) is 0 Å². The first-order valence-corrected chi connectivity index (χ1v) is 7.73. The molecule has 0 spiro atoms. The monoisotopic (exact) mass is 373 g/mol. The van der Waals surface area contributed by atoms with Crippen molar-refractivity contribution in [2.45, 2.75) is 6.92 Å². The molecule has 1 N–H and O–H groups in total. The number of urea groups is 1. The summed E-state index contributed by atoms with van der Waals surface area (Å²) < 4.78 is 19.2. The van der Waals surface area contributed by atoms with Crippen LogP contribution in [0.25, 0.3) is 0 Å². The summed E-state index contributed by atoms with van der Waals surface area (Å²) in [4.78, 5) is 26.8. The summed E-state index contributed by atoms with van der Waals surface area (Å²) in [6.07, 6.45) is -0.374. The molecule has 0 radical (unpaired) electrons. The van der Waals surface area contributed by atoms with Gasteiger partial charge in [0, 0.05) is 30.7 Å². The molecule has 0 unspecified atom stereocenters. The first-order chi connectivity index (χ1) is 10.5. The van der Waals surface area contributed by atoms with Crippen LogP contribution in [0.2, 0.25) is 0 Å². The molecule has 0 aliphatic carbocycles. The Morgan fingerprint density at radius 3 is 2.50 bits per heavy atom. The summed E-state index contributed by atoms with van der Waals surface area (Å²) >= 11 is 3.16. The average molecular weight is 374 g/mol. The third kappa shape index (κ3) is 4.09. The maximum absolute atomic E-state index is 13.7. The molecule has 0 bridgehead atoms. The van der Waals surface area contributed by atoms with Gasteiger partial charge in [0.25, 0.3) is 0 Å². The zero-order chi connectivity index (χ0) is 16.1. The molecule has 0 atom stereocenters. The van der Waals surface area contributed by atoms with E-state index in [9.17, 15) is 14.0 Å². The van der Waals surface area contributed by atoms with E-state index >= 15 is 0 Å². The van der Waals surface area contributed by atoms with Crippen LogP contribution >= 0.6 is 15.9 Å². The van der Waals surface area contributed by atoms with Crippen molar-refractivity contribution >= 4 is 33.7 Å². The molecule has 1 aliphatic heterocycles. The maximum atomic E-state index is 13.7. The highest BCUT2D eigenvalue weighted by atomic mass is 79.9. The molecular weight excluding hydrogens is 357 g/mol. The second-order valence-electron chi connectivity index (χ2n) is 4.73. The number of anilines is 1. The Hall–Kier alpha value is -1.83. The maximum Gasteiger partial charge on any atom is 0.409 e. The SMILES string of the molecule is CCOC(=O)N1CCN(C(=O)Nc2ccc(Br)cc2F)CC1. The van der Waals surface area contributed by atoms with E-state index in [2.05, 4.69) is 21.2 Å². The third-order valence-corrected chi connectivity index (χ3v) is 3.76. The molecule has 1 aromatic rings. The number of carbonyl (C=O) groups excluding carboxylic acids is 2. The summed E-state index contributed by atoms with van der Waals surface area (Å²) in [7, 11) is 0. The zero-order valence-electron chi connectivity index (χ0n) is 12.1. The molecule has 1 aromatic carbocycles. The summed E-state index contributed by atoms with van der Waals surface area (Å²) in [5.74, 6) is -0.507. The first-order valence-electron chi connectivity index (χ1n) is 6.94. The lowest BCUT2D eigenvalue weighted by Gasteiger charge is -2.34. The molecule has 6 nitrogen and oxygen atoms in total. The molecule has 120 valence electrons. The molecule has 2 rings (SSSR count). The molecule has 1 aliphatic rings. The van der Waals surface area contributed by atoms with E-state index in [-0.39, 0.29) is 17.8 Å². The highest BCUT2D eigenvalue weighted by Crippen LogP contribution is 2.20. The van der Waals surface area contributed by atoms with Crippen molar-refractivity contribution in [2.24, 2.45) is 0 Å². The lowest BCUT2D eigenvalue weighted by molar-refractivity contribution is 0.0868. The number of ether oxygens (including phenoxy) is 1. The Kier molecular flexibility index (Phi) is 5.59. The number of nitrogens with one attached hydrogen (secondary N) is 1. The molecule has 3 amide bonds. The van der Waals surface area contributed by atoms with Crippen LogP contribution < -0.4 is 5.32 Å². The minimum Gasteiger partial charge on any atom is -0.450 e. The molecule has 0 saturated carbocycles. The van der Waals surface area contributed by atoms with E-state index in [0.717, 1.165) is 0 Å². The predicted octanol–water partition coefficient (Wildman–Crippen LogP) is 2.89. The number of halogens is 2. The van der Waals surface area contributed by atoms with E-state index in [1.807, 2.05) is 0 Å². The van der Waals surface area contributed by atoms with Crippen molar-refractivity contribution in [3.05, 3.63) is 28.5 Å². The van der Waals surface area contributed by atoms with Gasteiger partial charge in [0.2, 0.25) is 0 Å². The van der Waals surface area contributed by atoms with Crippen LogP contribution in [0.1, 0.15) is 6.92 Å².